The molecule has 3 aromatic carbocycles. The number of benzene rings is 3. The molecule has 54 heavy (non-hydrogen) atoms. The number of hydrogen-bond donors (Lipinski definition) is 4. The third-order valence-corrected chi connectivity index (χ3v) is 10.1. The molecule has 3 aromatic rings. The predicted molar refractivity (Wildman–Crippen MR) is 196 cm³/mol. The number of nitrogens with two attached hydrogens (primary N) is 1. The van der Waals surface area contributed by atoms with Crippen molar-refractivity contribution in [3.05, 3.63) is 94.3 Å². The number of nitrogens with one attached hydrogen (secondary N) is 3. The normalized spacial score (nSPS) is 18.3. The summed E-state index contributed by atoms with van der Waals surface area (Å²) in [7, 11) is 0. The quantitative estimate of drug-likeness (QED) is 0.117. The Labute approximate surface area is 312 Å². The van der Waals surface area contributed by atoms with E-state index in [1.165, 1.54) is 23.1 Å². The van der Waals surface area contributed by atoms with E-state index in [4.69, 9.17) is 10.5 Å². The maximum Gasteiger partial charge on any atom is 0.416 e. The monoisotopic (exact) mass is 753 g/mol. The number of anilines is 2. The van der Waals surface area contributed by atoms with Crippen LogP contribution >= 0.6 is 0 Å². The Hall–Kier alpha value is -4.98. The Balaban J connectivity index is 1.41. The summed E-state index contributed by atoms with van der Waals surface area (Å²) in [5, 5.41) is 8.56. The molecular formula is C40H47F4N5O5. The van der Waals surface area contributed by atoms with Crippen molar-refractivity contribution in [1.82, 2.24) is 10.2 Å². The fourth-order valence-electron chi connectivity index (χ4n) is 7.29. The van der Waals surface area contributed by atoms with Crippen molar-refractivity contribution in [1.29, 1.82) is 0 Å². The van der Waals surface area contributed by atoms with Crippen molar-refractivity contribution in [2.75, 3.05) is 23.7 Å². The second-order valence-corrected chi connectivity index (χ2v) is 14.3. The number of carbonyl (C=O) groups excluding carboxylic acids is 4. The number of piperidine rings is 1. The van der Waals surface area contributed by atoms with Crippen LogP contribution in [0.5, 0.6) is 0 Å². The second-order valence-electron chi connectivity index (χ2n) is 14.3. The van der Waals surface area contributed by atoms with Crippen LogP contribution < -0.4 is 21.7 Å². The fraction of sp³-hybridized carbons (Fsp3) is 0.450. The first-order valence-electron chi connectivity index (χ1n) is 18.3. The summed E-state index contributed by atoms with van der Waals surface area (Å²) in [6.07, 6.45) is 0.260. The van der Waals surface area contributed by atoms with Gasteiger partial charge in [-0.1, -0.05) is 57.0 Å². The summed E-state index contributed by atoms with van der Waals surface area (Å²) in [6.45, 7) is 4.02. The van der Waals surface area contributed by atoms with Crippen molar-refractivity contribution in [3.8, 4) is 0 Å². The number of ether oxygens (including phenoxy) is 1. The van der Waals surface area contributed by atoms with Crippen molar-refractivity contribution >= 4 is 35.1 Å². The summed E-state index contributed by atoms with van der Waals surface area (Å²) < 4.78 is 63.4. The number of likely N-dealkylation sites (tertiary alicyclic amines) is 1. The molecule has 1 aliphatic heterocycles. The van der Waals surface area contributed by atoms with Crippen LogP contribution in [0.1, 0.15) is 91.0 Å². The minimum atomic E-state index is -4.88. The number of hydrogen-bond acceptors (Lipinski definition) is 7. The molecule has 0 spiro atoms. The van der Waals surface area contributed by atoms with Crippen LogP contribution in [0, 0.1) is 24.6 Å². The Morgan fingerprint density at radius 2 is 1.63 bits per heavy atom. The molecule has 5 N–H and O–H groups in total. The van der Waals surface area contributed by atoms with Gasteiger partial charge in [0.2, 0.25) is 11.8 Å². The molecular weight excluding hydrogens is 706 g/mol. The van der Waals surface area contributed by atoms with E-state index < -0.39 is 71.8 Å². The van der Waals surface area contributed by atoms with Gasteiger partial charge in [0.05, 0.1) is 29.6 Å². The van der Waals surface area contributed by atoms with E-state index in [1.807, 2.05) is 24.3 Å². The fourth-order valence-corrected chi connectivity index (χ4v) is 7.29. The number of carbonyl (C=O) groups is 4. The molecule has 290 valence electrons. The highest BCUT2D eigenvalue weighted by Crippen LogP contribution is 2.40. The molecule has 1 heterocycles. The first-order valence-corrected chi connectivity index (χ1v) is 18.3. The summed E-state index contributed by atoms with van der Waals surface area (Å²) in [6, 6.07) is 13.3. The average Bonchev–Trinajstić information content (AvgIpc) is 3.65. The van der Waals surface area contributed by atoms with Gasteiger partial charge in [-0.3, -0.25) is 14.4 Å². The zero-order valence-corrected chi connectivity index (χ0v) is 30.6. The Morgan fingerprint density at radius 3 is 2.26 bits per heavy atom. The van der Waals surface area contributed by atoms with Gasteiger partial charge in [0.15, 0.2) is 0 Å². The van der Waals surface area contributed by atoms with Gasteiger partial charge in [-0.2, -0.15) is 13.2 Å². The Morgan fingerprint density at radius 1 is 0.944 bits per heavy atom. The number of halogens is 4. The van der Waals surface area contributed by atoms with Crippen LogP contribution in [-0.4, -0.2) is 53.8 Å². The molecule has 0 bridgehead atoms. The highest BCUT2D eigenvalue weighted by molar-refractivity contribution is 5.98. The average molecular weight is 754 g/mol. The first-order chi connectivity index (χ1) is 25.7. The van der Waals surface area contributed by atoms with Crippen LogP contribution in [0.15, 0.2) is 60.7 Å². The van der Waals surface area contributed by atoms with Gasteiger partial charge in [-0.05, 0) is 80.0 Å². The molecule has 5 rings (SSSR count). The summed E-state index contributed by atoms with van der Waals surface area (Å²) >= 11 is 0. The number of alkyl halides is 3. The van der Waals surface area contributed by atoms with Gasteiger partial charge in [0.25, 0.3) is 5.91 Å². The SMILES string of the molecule is Cc1cccc(F)c1C(=O)N1CCC[C@H](C(=O)Nc2ccc(COC(=O)[C@@H](NC(=O)CN)C(C)C)c(C(F)(F)F)c2)[C@@H]1c1ccc(NC2CCCC2)cc1. The summed E-state index contributed by atoms with van der Waals surface area (Å²) in [5.41, 5.74) is 5.53. The highest BCUT2D eigenvalue weighted by Gasteiger charge is 2.41. The molecule has 1 aliphatic carbocycles. The lowest BCUT2D eigenvalue weighted by molar-refractivity contribution is -0.152. The minimum Gasteiger partial charge on any atom is -0.459 e. The molecule has 2 aliphatic rings. The molecule has 10 nitrogen and oxygen atoms in total. The summed E-state index contributed by atoms with van der Waals surface area (Å²) in [4.78, 5) is 54.1. The largest absolute Gasteiger partial charge is 0.459 e. The van der Waals surface area contributed by atoms with Gasteiger partial charge < -0.3 is 31.3 Å². The molecule has 14 heteroatoms. The van der Waals surface area contributed by atoms with E-state index >= 15 is 4.39 Å². The minimum absolute atomic E-state index is 0.101. The van der Waals surface area contributed by atoms with Crippen molar-refractivity contribution in [3.63, 3.8) is 0 Å². The third kappa shape index (κ3) is 9.57. The van der Waals surface area contributed by atoms with E-state index in [0.29, 0.717) is 30.0 Å². The first kappa shape index (κ1) is 40.2. The van der Waals surface area contributed by atoms with Gasteiger partial charge in [-0.25, -0.2) is 9.18 Å². The molecule has 2 fully saturated rings. The van der Waals surface area contributed by atoms with Crippen LogP contribution in [-0.2, 0) is 31.9 Å². The van der Waals surface area contributed by atoms with Crippen LogP contribution in [0.25, 0.3) is 0 Å². The zero-order valence-electron chi connectivity index (χ0n) is 30.6. The predicted octanol–water partition coefficient (Wildman–Crippen LogP) is 6.88. The molecule has 0 unspecified atom stereocenters. The number of aryl methyl sites for hydroxylation is 1. The third-order valence-electron chi connectivity index (χ3n) is 10.1. The maximum absolute atomic E-state index is 15.1. The number of nitrogens with zero attached hydrogens (tertiary/aromatic N) is 1. The number of rotatable bonds is 12. The van der Waals surface area contributed by atoms with Crippen LogP contribution in [0.4, 0.5) is 28.9 Å². The standard InChI is InChI=1S/C40H47F4N5O5/c1-23(2)35(48-33(50)21-45)39(53)54-22-26-15-18-29(20-31(26)40(42,43)44)47-37(51)30-11-7-19-49(38(52)34-24(3)8-6-12-32(34)41)36(30)25-13-16-28(17-14-25)46-27-9-4-5-10-27/h6,8,12-18,20,23,27,30,35-36,46H,4-5,7,9-11,19,21-22,45H2,1-3H3,(H,47,51)(H,48,50)/t30-,35-,36-/m0/s1. The molecule has 0 radical (unpaired) electrons. The number of esters is 1. The van der Waals surface area contributed by atoms with Crippen LogP contribution in [0.2, 0.25) is 0 Å². The highest BCUT2D eigenvalue weighted by atomic mass is 19.4. The second kappa shape index (κ2) is 17.4. The van der Waals surface area contributed by atoms with Crippen molar-refractivity contribution < 1.29 is 41.5 Å². The van der Waals surface area contributed by atoms with E-state index in [0.717, 1.165) is 43.5 Å². The van der Waals surface area contributed by atoms with Crippen molar-refractivity contribution in [2.45, 2.75) is 90.2 Å². The van der Waals surface area contributed by atoms with Gasteiger partial charge in [0.1, 0.15) is 18.5 Å². The summed E-state index contributed by atoms with van der Waals surface area (Å²) in [5.74, 6) is -4.75. The molecule has 1 saturated carbocycles. The molecule has 3 amide bonds. The van der Waals surface area contributed by atoms with Crippen LogP contribution in [0.3, 0.4) is 0 Å². The smallest absolute Gasteiger partial charge is 0.416 e. The zero-order chi connectivity index (χ0) is 39.2. The van der Waals surface area contributed by atoms with Gasteiger partial charge in [0, 0.05) is 29.5 Å². The molecule has 3 atom stereocenters. The van der Waals surface area contributed by atoms with Gasteiger partial charge in [-0.15, -0.1) is 0 Å². The lowest BCUT2D eigenvalue weighted by atomic mass is 9.83. The lowest BCUT2D eigenvalue weighted by Gasteiger charge is -2.41. The topological polar surface area (TPSA) is 143 Å². The lowest BCUT2D eigenvalue weighted by Crippen LogP contribution is -2.47. The molecule has 1 saturated heterocycles. The van der Waals surface area contributed by atoms with E-state index in [9.17, 15) is 32.3 Å². The van der Waals surface area contributed by atoms with E-state index in [2.05, 4.69) is 16.0 Å². The molecule has 0 aromatic heterocycles. The van der Waals surface area contributed by atoms with E-state index in [-0.39, 0.29) is 29.9 Å². The Kier molecular flexibility index (Phi) is 13.0. The maximum atomic E-state index is 15.1. The number of amides is 3. The van der Waals surface area contributed by atoms with Gasteiger partial charge >= 0.3 is 12.1 Å². The van der Waals surface area contributed by atoms with E-state index in [1.54, 1.807) is 26.8 Å². The Bertz CT molecular complexity index is 1810. The van der Waals surface area contributed by atoms with Crippen molar-refractivity contribution in [2.24, 2.45) is 17.6 Å².